The van der Waals surface area contributed by atoms with Crippen molar-refractivity contribution in [2.24, 2.45) is 5.92 Å². The second-order valence-electron chi connectivity index (χ2n) is 6.62. The van der Waals surface area contributed by atoms with E-state index in [4.69, 9.17) is 4.74 Å². The van der Waals surface area contributed by atoms with Crippen LogP contribution in [0.5, 0.6) is 5.75 Å². The van der Waals surface area contributed by atoms with E-state index in [1.54, 1.807) is 4.90 Å². The van der Waals surface area contributed by atoms with Gasteiger partial charge in [-0.15, -0.1) is 0 Å². The molecule has 2 heterocycles. The van der Waals surface area contributed by atoms with E-state index in [-0.39, 0.29) is 30.2 Å². The van der Waals surface area contributed by atoms with Crippen molar-refractivity contribution < 1.29 is 14.3 Å². The van der Waals surface area contributed by atoms with Gasteiger partial charge in [-0.3, -0.25) is 9.59 Å². The lowest BCUT2D eigenvalue weighted by Gasteiger charge is -2.28. The minimum atomic E-state index is -0.332. The second kappa shape index (κ2) is 7.11. The zero-order valence-electron chi connectivity index (χ0n) is 14.2. The predicted octanol–water partition coefficient (Wildman–Crippen LogP) is 3.44. The zero-order valence-corrected chi connectivity index (χ0v) is 15.7. The maximum absolute atomic E-state index is 12.8. The number of nitrogens with one attached hydrogen (secondary N) is 1. The lowest BCUT2D eigenvalue weighted by molar-refractivity contribution is -0.127. The van der Waals surface area contributed by atoms with Gasteiger partial charge in [0.2, 0.25) is 11.8 Å². The molecule has 0 aliphatic carbocycles. The number of para-hydroxylation sites is 1. The van der Waals surface area contributed by atoms with E-state index < -0.39 is 0 Å². The number of halogens is 1. The number of amides is 2. The van der Waals surface area contributed by atoms with E-state index in [2.05, 4.69) is 21.2 Å². The van der Waals surface area contributed by atoms with E-state index in [1.165, 1.54) is 0 Å². The van der Waals surface area contributed by atoms with Crippen LogP contribution < -0.4 is 15.0 Å². The van der Waals surface area contributed by atoms with E-state index in [1.807, 2.05) is 48.5 Å². The number of nitrogens with zero attached hydrogens (tertiary/aromatic N) is 1. The van der Waals surface area contributed by atoms with Crippen LogP contribution in [-0.4, -0.2) is 25.0 Å². The van der Waals surface area contributed by atoms with Crippen molar-refractivity contribution >= 4 is 33.4 Å². The molecule has 2 aliphatic rings. The first-order valence-corrected chi connectivity index (χ1v) is 9.49. The molecular weight excluding hydrogens is 396 g/mol. The van der Waals surface area contributed by atoms with Gasteiger partial charge in [0.15, 0.2) is 0 Å². The molecule has 4 rings (SSSR count). The van der Waals surface area contributed by atoms with E-state index in [0.717, 1.165) is 27.9 Å². The third-order valence-corrected chi connectivity index (χ3v) is 5.38. The number of hydrogen-bond donors (Lipinski definition) is 1. The number of carbonyl (C=O) groups is 2. The number of hydrogen-bond acceptors (Lipinski definition) is 3. The number of anilines is 1. The Kier molecular flexibility index (Phi) is 4.68. The van der Waals surface area contributed by atoms with Gasteiger partial charge in [0.25, 0.3) is 0 Å². The summed E-state index contributed by atoms with van der Waals surface area (Å²) < 4.78 is 6.62. The number of carbonyl (C=O) groups excluding carboxylic acids is 2. The Labute approximate surface area is 160 Å². The molecule has 2 aromatic carbocycles. The summed E-state index contributed by atoms with van der Waals surface area (Å²) >= 11 is 3.47. The molecule has 2 aromatic rings. The molecule has 1 saturated heterocycles. The highest BCUT2D eigenvalue weighted by Crippen LogP contribution is 2.34. The number of benzene rings is 2. The summed E-state index contributed by atoms with van der Waals surface area (Å²) in [5.74, 6) is 0.389. The molecule has 2 atom stereocenters. The van der Waals surface area contributed by atoms with E-state index >= 15 is 0 Å². The largest absolute Gasteiger partial charge is 0.493 e. The smallest absolute Gasteiger partial charge is 0.227 e. The fourth-order valence-corrected chi connectivity index (χ4v) is 3.92. The summed E-state index contributed by atoms with van der Waals surface area (Å²) in [4.78, 5) is 26.8. The van der Waals surface area contributed by atoms with Crippen LogP contribution in [0.3, 0.4) is 0 Å². The Hall–Kier alpha value is -2.34. The summed E-state index contributed by atoms with van der Waals surface area (Å²) in [6, 6.07) is 15.2. The van der Waals surface area contributed by atoms with Crippen LogP contribution in [0, 0.1) is 5.92 Å². The van der Waals surface area contributed by atoms with Crippen molar-refractivity contribution in [2.45, 2.75) is 18.9 Å². The summed E-state index contributed by atoms with van der Waals surface area (Å²) in [6.45, 7) is 0.989. The maximum atomic E-state index is 12.8. The van der Waals surface area contributed by atoms with E-state index in [0.29, 0.717) is 13.2 Å². The Balaban J connectivity index is 1.47. The average Bonchev–Trinajstić information content (AvgIpc) is 3.05. The molecule has 0 bridgehead atoms. The average molecular weight is 415 g/mol. The van der Waals surface area contributed by atoms with Gasteiger partial charge < -0.3 is 15.0 Å². The van der Waals surface area contributed by atoms with Gasteiger partial charge in [-0.1, -0.05) is 34.1 Å². The Morgan fingerprint density at radius 1 is 1.19 bits per heavy atom. The maximum Gasteiger partial charge on any atom is 0.227 e. The molecule has 1 N–H and O–H groups in total. The second-order valence-corrected chi connectivity index (χ2v) is 7.54. The Morgan fingerprint density at radius 3 is 2.81 bits per heavy atom. The normalized spacial score (nSPS) is 21.9. The molecule has 1 fully saturated rings. The molecular formula is C20H19BrN2O3. The summed E-state index contributed by atoms with van der Waals surface area (Å²) in [5.41, 5.74) is 1.82. The third kappa shape index (κ3) is 3.33. The Bertz CT molecular complexity index is 840. The summed E-state index contributed by atoms with van der Waals surface area (Å²) in [6.07, 6.45) is 0.966. The van der Waals surface area contributed by atoms with Gasteiger partial charge in [0.05, 0.1) is 18.6 Å². The molecule has 0 saturated carbocycles. The van der Waals surface area contributed by atoms with Crippen LogP contribution in [-0.2, 0) is 9.59 Å². The molecule has 0 radical (unpaired) electrons. The highest BCUT2D eigenvalue weighted by atomic mass is 79.9. The molecule has 0 spiro atoms. The quantitative estimate of drug-likeness (QED) is 0.836. The standard InChI is InChI=1S/C20H19BrN2O3/c21-14-6-7-18-16(11-14)17(8-9-26-18)22-20(25)13-10-19(24)23(12-13)15-4-2-1-3-5-15/h1-7,11,13,17H,8-10,12H2,(H,22,25). The first-order chi connectivity index (χ1) is 12.6. The first-order valence-electron chi connectivity index (χ1n) is 8.70. The van der Waals surface area contributed by atoms with Crippen molar-refractivity contribution in [3.8, 4) is 5.75 Å². The molecule has 2 amide bonds. The van der Waals surface area contributed by atoms with Gasteiger partial charge in [0, 0.05) is 35.1 Å². The highest BCUT2D eigenvalue weighted by Gasteiger charge is 2.36. The van der Waals surface area contributed by atoms with E-state index in [9.17, 15) is 9.59 Å². The predicted molar refractivity (Wildman–Crippen MR) is 102 cm³/mol. The third-order valence-electron chi connectivity index (χ3n) is 4.89. The fourth-order valence-electron chi connectivity index (χ4n) is 3.55. The zero-order chi connectivity index (χ0) is 18.1. The molecule has 0 aromatic heterocycles. The summed E-state index contributed by atoms with van der Waals surface area (Å²) in [5, 5.41) is 3.12. The molecule has 6 heteroatoms. The fraction of sp³-hybridized carbons (Fsp3) is 0.300. The van der Waals surface area contributed by atoms with Crippen LogP contribution in [0.4, 0.5) is 5.69 Å². The number of ether oxygens (including phenoxy) is 1. The van der Waals surface area contributed by atoms with Gasteiger partial charge in [0.1, 0.15) is 5.75 Å². The van der Waals surface area contributed by atoms with Crippen LogP contribution in [0.15, 0.2) is 53.0 Å². The van der Waals surface area contributed by atoms with Crippen LogP contribution in [0.25, 0.3) is 0 Å². The lowest BCUT2D eigenvalue weighted by Crippen LogP contribution is -2.37. The van der Waals surface area contributed by atoms with Gasteiger partial charge in [-0.05, 0) is 30.3 Å². The number of fused-ring (bicyclic) bond motifs is 1. The monoisotopic (exact) mass is 414 g/mol. The van der Waals surface area contributed by atoms with Gasteiger partial charge in [-0.25, -0.2) is 0 Å². The van der Waals surface area contributed by atoms with Crippen LogP contribution in [0.1, 0.15) is 24.4 Å². The minimum Gasteiger partial charge on any atom is -0.493 e. The van der Waals surface area contributed by atoms with Gasteiger partial charge in [-0.2, -0.15) is 0 Å². The summed E-state index contributed by atoms with van der Waals surface area (Å²) in [7, 11) is 0. The van der Waals surface area contributed by atoms with Crippen molar-refractivity contribution in [3.63, 3.8) is 0 Å². The molecule has 26 heavy (non-hydrogen) atoms. The number of rotatable bonds is 3. The SMILES string of the molecule is O=C(NC1CCOc2ccc(Br)cc21)C1CC(=O)N(c2ccccc2)C1. The Morgan fingerprint density at radius 2 is 2.00 bits per heavy atom. The highest BCUT2D eigenvalue weighted by molar-refractivity contribution is 9.10. The van der Waals surface area contributed by atoms with Crippen LogP contribution in [0.2, 0.25) is 0 Å². The molecule has 134 valence electrons. The minimum absolute atomic E-state index is 0.00790. The van der Waals surface area contributed by atoms with Gasteiger partial charge >= 0.3 is 0 Å². The molecule has 2 unspecified atom stereocenters. The first kappa shape index (κ1) is 17.1. The lowest BCUT2D eigenvalue weighted by atomic mass is 9.99. The van der Waals surface area contributed by atoms with Crippen molar-refractivity contribution in [3.05, 3.63) is 58.6 Å². The molecule has 5 nitrogen and oxygen atoms in total. The molecule has 2 aliphatic heterocycles. The van der Waals surface area contributed by atoms with Crippen molar-refractivity contribution in [1.82, 2.24) is 5.32 Å². The van der Waals surface area contributed by atoms with Crippen molar-refractivity contribution in [2.75, 3.05) is 18.1 Å². The topological polar surface area (TPSA) is 58.6 Å². The van der Waals surface area contributed by atoms with Crippen molar-refractivity contribution in [1.29, 1.82) is 0 Å². The van der Waals surface area contributed by atoms with Crippen LogP contribution >= 0.6 is 15.9 Å².